The van der Waals surface area contributed by atoms with E-state index in [2.05, 4.69) is 31.5 Å². The second-order valence-electron chi connectivity index (χ2n) is 10.1. The van der Waals surface area contributed by atoms with E-state index in [9.17, 15) is 4.79 Å². The van der Waals surface area contributed by atoms with E-state index in [0.29, 0.717) is 29.5 Å². The van der Waals surface area contributed by atoms with Crippen molar-refractivity contribution in [2.75, 3.05) is 0 Å². The van der Waals surface area contributed by atoms with Gasteiger partial charge in [-0.05, 0) is 83.6 Å². The number of fused-ring (bicyclic) bond motifs is 1. The van der Waals surface area contributed by atoms with Gasteiger partial charge in [0.15, 0.2) is 5.82 Å². The van der Waals surface area contributed by atoms with Gasteiger partial charge >= 0.3 is 0 Å². The van der Waals surface area contributed by atoms with Gasteiger partial charge in [0.1, 0.15) is 11.8 Å². The van der Waals surface area contributed by atoms with Crippen LogP contribution in [0.1, 0.15) is 66.0 Å². The summed E-state index contributed by atoms with van der Waals surface area (Å²) < 4.78 is 7.70. The van der Waals surface area contributed by atoms with Gasteiger partial charge in [0.05, 0.1) is 18.8 Å². The first-order chi connectivity index (χ1) is 18.5. The summed E-state index contributed by atoms with van der Waals surface area (Å²) in [5.41, 5.74) is 3.41. The first kappa shape index (κ1) is 24.6. The van der Waals surface area contributed by atoms with Crippen LogP contribution in [0.3, 0.4) is 0 Å². The number of furan rings is 1. The third-order valence-corrected chi connectivity index (χ3v) is 7.61. The molecule has 1 fully saturated rings. The third kappa shape index (κ3) is 5.01. The molecular formula is C29H29ClN6O2. The summed E-state index contributed by atoms with van der Waals surface area (Å²) in [5.74, 6) is 1.45. The maximum atomic E-state index is 13.7. The van der Waals surface area contributed by atoms with E-state index in [1.165, 1.54) is 0 Å². The quantitative estimate of drug-likeness (QED) is 0.266. The van der Waals surface area contributed by atoms with Crippen LogP contribution in [0.4, 0.5) is 0 Å². The lowest BCUT2D eigenvalue weighted by Crippen LogP contribution is -2.35. The molecule has 1 aliphatic rings. The molecule has 6 rings (SSSR count). The van der Waals surface area contributed by atoms with E-state index in [4.69, 9.17) is 16.0 Å². The molecular weight excluding hydrogens is 500 g/mol. The van der Waals surface area contributed by atoms with Crippen LogP contribution in [-0.2, 0) is 13.1 Å². The molecule has 3 aromatic heterocycles. The number of nitrogens with one attached hydrogen (secondary N) is 1. The Morgan fingerprint density at radius 3 is 2.68 bits per heavy atom. The minimum Gasteiger partial charge on any atom is -0.468 e. The van der Waals surface area contributed by atoms with E-state index >= 15 is 0 Å². The van der Waals surface area contributed by atoms with E-state index in [1.54, 1.807) is 6.26 Å². The van der Waals surface area contributed by atoms with Gasteiger partial charge in [0.25, 0.3) is 5.56 Å². The monoisotopic (exact) mass is 528 g/mol. The summed E-state index contributed by atoms with van der Waals surface area (Å²) >= 11 is 6.18. The molecule has 0 amide bonds. The van der Waals surface area contributed by atoms with Gasteiger partial charge in [-0.2, -0.15) is 0 Å². The van der Waals surface area contributed by atoms with Crippen LogP contribution in [0.25, 0.3) is 10.9 Å². The van der Waals surface area contributed by atoms with Crippen LogP contribution >= 0.6 is 11.6 Å². The van der Waals surface area contributed by atoms with Crippen LogP contribution in [0, 0.1) is 6.92 Å². The lowest BCUT2D eigenvalue weighted by atomic mass is 10.0. The molecule has 8 nitrogen and oxygen atoms in total. The average molecular weight is 529 g/mol. The van der Waals surface area contributed by atoms with E-state index in [-0.39, 0.29) is 11.6 Å². The number of hydrogen-bond acceptors (Lipinski definition) is 6. The van der Waals surface area contributed by atoms with Crippen molar-refractivity contribution in [3.05, 3.63) is 111 Å². The van der Waals surface area contributed by atoms with E-state index in [1.807, 2.05) is 66.2 Å². The Labute approximate surface area is 225 Å². The molecule has 1 N–H and O–H groups in total. The fraction of sp³-hybridized carbons (Fsp3) is 0.310. The number of H-pyrrole nitrogens is 1. The number of benzene rings is 2. The molecule has 0 bridgehead atoms. The minimum atomic E-state index is -0.514. The van der Waals surface area contributed by atoms with Crippen LogP contribution in [0.5, 0.6) is 0 Å². The number of aromatic amines is 1. The Bertz CT molecular complexity index is 1590. The number of aryl methyl sites for hydroxylation is 1. The summed E-state index contributed by atoms with van der Waals surface area (Å²) in [6.45, 7) is 3.04. The van der Waals surface area contributed by atoms with Gasteiger partial charge in [-0.25, -0.2) is 4.68 Å². The topological polar surface area (TPSA) is 92.8 Å². The van der Waals surface area contributed by atoms with Gasteiger partial charge in [-0.15, -0.1) is 5.10 Å². The maximum Gasteiger partial charge on any atom is 0.253 e. The fourth-order valence-corrected chi connectivity index (χ4v) is 5.63. The number of rotatable bonds is 8. The van der Waals surface area contributed by atoms with Gasteiger partial charge in [-0.1, -0.05) is 48.2 Å². The molecule has 1 saturated carbocycles. The highest BCUT2D eigenvalue weighted by Gasteiger charge is 2.33. The number of pyridine rings is 1. The van der Waals surface area contributed by atoms with E-state index < -0.39 is 6.04 Å². The third-order valence-electron chi connectivity index (χ3n) is 7.36. The molecule has 3 heterocycles. The summed E-state index contributed by atoms with van der Waals surface area (Å²) in [7, 11) is 0. The molecule has 9 heteroatoms. The predicted molar refractivity (Wildman–Crippen MR) is 146 cm³/mol. The Kier molecular flexibility index (Phi) is 6.82. The second kappa shape index (κ2) is 10.6. The Balaban J connectivity index is 1.53. The molecule has 38 heavy (non-hydrogen) atoms. The predicted octanol–water partition coefficient (Wildman–Crippen LogP) is 5.98. The normalized spacial score (nSPS) is 15.0. The molecule has 0 radical (unpaired) electrons. The first-order valence-corrected chi connectivity index (χ1v) is 13.4. The van der Waals surface area contributed by atoms with Crippen molar-refractivity contribution in [3.63, 3.8) is 0 Å². The van der Waals surface area contributed by atoms with Gasteiger partial charge in [-0.3, -0.25) is 9.69 Å². The molecule has 0 spiro atoms. The average Bonchev–Trinajstić information content (AvgIpc) is 3.69. The maximum absolute atomic E-state index is 13.7. The number of aromatic nitrogens is 5. The van der Waals surface area contributed by atoms with Crippen molar-refractivity contribution < 1.29 is 4.42 Å². The highest BCUT2D eigenvalue weighted by molar-refractivity contribution is 6.30. The number of halogens is 1. The van der Waals surface area contributed by atoms with Crippen molar-refractivity contribution in [1.29, 1.82) is 0 Å². The lowest BCUT2D eigenvalue weighted by molar-refractivity contribution is 0.176. The number of hydrogen-bond donors (Lipinski definition) is 1. The van der Waals surface area contributed by atoms with Gasteiger partial charge in [0.2, 0.25) is 0 Å². The summed E-state index contributed by atoms with van der Waals surface area (Å²) in [6, 6.07) is 19.3. The zero-order chi connectivity index (χ0) is 26.1. The smallest absolute Gasteiger partial charge is 0.253 e. The molecule has 1 aliphatic carbocycles. The van der Waals surface area contributed by atoms with Crippen molar-refractivity contribution in [1.82, 2.24) is 30.1 Å². The van der Waals surface area contributed by atoms with Crippen molar-refractivity contribution in [2.45, 2.75) is 57.8 Å². The summed E-state index contributed by atoms with van der Waals surface area (Å²) in [5, 5.41) is 14.7. The van der Waals surface area contributed by atoms with Crippen LogP contribution in [-0.4, -0.2) is 30.1 Å². The number of tetrazole rings is 1. The lowest BCUT2D eigenvalue weighted by Gasteiger charge is -2.31. The van der Waals surface area contributed by atoms with Crippen LogP contribution in [0.2, 0.25) is 5.02 Å². The van der Waals surface area contributed by atoms with Gasteiger partial charge < -0.3 is 9.40 Å². The summed E-state index contributed by atoms with van der Waals surface area (Å²) in [6.07, 6.45) is 6.00. The summed E-state index contributed by atoms with van der Waals surface area (Å²) in [4.78, 5) is 19.0. The van der Waals surface area contributed by atoms with Crippen molar-refractivity contribution in [3.8, 4) is 0 Å². The van der Waals surface area contributed by atoms with Crippen LogP contribution < -0.4 is 5.56 Å². The van der Waals surface area contributed by atoms with Crippen LogP contribution in [0.15, 0.2) is 76.1 Å². The fourth-order valence-electron chi connectivity index (χ4n) is 5.50. The SMILES string of the molecule is Cc1ccc2[nH]c(=O)c([C@H](c3nnnn3C3CCCC3)N(Cc3ccc(Cl)cc3)Cc3ccco3)cc2c1. The Morgan fingerprint density at radius 1 is 1.11 bits per heavy atom. The molecule has 0 unspecified atom stereocenters. The zero-order valence-electron chi connectivity index (χ0n) is 21.2. The molecule has 1 atom stereocenters. The Morgan fingerprint density at radius 2 is 1.92 bits per heavy atom. The molecule has 2 aromatic carbocycles. The molecule has 5 aromatic rings. The Hall–Kier alpha value is -3.75. The molecule has 194 valence electrons. The highest BCUT2D eigenvalue weighted by atomic mass is 35.5. The van der Waals surface area contributed by atoms with E-state index in [0.717, 1.165) is 53.5 Å². The molecule has 0 saturated heterocycles. The van der Waals surface area contributed by atoms with Gasteiger partial charge in [0, 0.05) is 22.6 Å². The second-order valence-corrected chi connectivity index (χ2v) is 10.5. The minimum absolute atomic E-state index is 0.159. The van der Waals surface area contributed by atoms with Crippen molar-refractivity contribution >= 4 is 22.5 Å². The first-order valence-electron chi connectivity index (χ1n) is 13.0. The zero-order valence-corrected chi connectivity index (χ0v) is 21.9. The number of nitrogens with zero attached hydrogens (tertiary/aromatic N) is 5. The highest BCUT2D eigenvalue weighted by Crippen LogP contribution is 2.35. The largest absolute Gasteiger partial charge is 0.468 e. The molecule has 0 aliphatic heterocycles. The van der Waals surface area contributed by atoms with Crippen molar-refractivity contribution in [2.24, 2.45) is 0 Å². The standard InChI is InChI=1S/C29H29ClN6O2/c1-19-8-13-26-21(15-19)16-25(29(37)31-26)27(28-32-33-34-36(28)23-5-2-3-6-23)35(18-24-7-4-14-38-24)17-20-9-11-22(30)12-10-20/h4,7-16,23,27H,2-3,5-6,17-18H2,1H3,(H,31,37)/t27-/m1/s1.